The van der Waals surface area contributed by atoms with Crippen LogP contribution in [0.5, 0.6) is 0 Å². The first-order valence-corrected chi connectivity index (χ1v) is 7.90. The number of hydrogen-bond donors (Lipinski definition) is 1. The maximum atomic E-state index is 13.1. The van der Waals surface area contributed by atoms with Crippen LogP contribution in [0.4, 0.5) is 4.39 Å². The Morgan fingerprint density at radius 2 is 1.75 bits per heavy atom. The normalized spacial score (nSPS) is 26.1. The molecule has 0 unspecified atom stereocenters. The largest absolute Gasteiger partial charge is 0.316 e. The quantitative estimate of drug-likeness (QED) is 0.814. The third kappa shape index (κ3) is 3.41. The van der Waals surface area contributed by atoms with Crippen molar-refractivity contribution in [1.82, 2.24) is 5.32 Å². The van der Waals surface area contributed by atoms with Crippen molar-refractivity contribution in [3.8, 4) is 0 Å². The van der Waals surface area contributed by atoms with Gasteiger partial charge in [0.1, 0.15) is 5.82 Å². The van der Waals surface area contributed by atoms with Crippen molar-refractivity contribution in [2.75, 3.05) is 13.1 Å². The monoisotopic (exact) mass is 277 g/mol. The Bertz CT molecular complexity index is 416. The van der Waals surface area contributed by atoms with E-state index in [1.54, 1.807) is 12.1 Å². The molecule has 0 bridgehead atoms. The van der Waals surface area contributed by atoms with Crippen LogP contribution < -0.4 is 5.32 Å². The Morgan fingerprint density at radius 1 is 1.15 bits per heavy atom. The van der Waals surface area contributed by atoms with Gasteiger partial charge in [-0.1, -0.05) is 39.8 Å². The second kappa shape index (κ2) is 6.26. The topological polar surface area (TPSA) is 12.0 Å². The van der Waals surface area contributed by atoms with Crippen LogP contribution in [0.3, 0.4) is 0 Å². The average Bonchev–Trinajstić information content (AvgIpc) is 2.32. The minimum absolute atomic E-state index is 0.140. The van der Waals surface area contributed by atoms with Gasteiger partial charge in [0.15, 0.2) is 0 Å². The van der Waals surface area contributed by atoms with Crippen molar-refractivity contribution >= 4 is 0 Å². The van der Waals surface area contributed by atoms with Crippen molar-refractivity contribution in [1.29, 1.82) is 0 Å². The highest BCUT2D eigenvalue weighted by Crippen LogP contribution is 2.50. The van der Waals surface area contributed by atoms with Crippen LogP contribution in [0.25, 0.3) is 0 Å². The molecule has 1 saturated carbocycles. The fourth-order valence-corrected chi connectivity index (χ4v) is 3.30. The van der Waals surface area contributed by atoms with Gasteiger partial charge in [0.2, 0.25) is 0 Å². The second-order valence-electron chi connectivity index (χ2n) is 7.22. The molecule has 0 amide bonds. The van der Waals surface area contributed by atoms with E-state index in [0.29, 0.717) is 5.92 Å². The lowest BCUT2D eigenvalue weighted by molar-refractivity contribution is 0.0970. The number of benzene rings is 1. The molecule has 1 aliphatic rings. The van der Waals surface area contributed by atoms with Crippen molar-refractivity contribution in [2.24, 2.45) is 17.8 Å². The van der Waals surface area contributed by atoms with Gasteiger partial charge in [0.05, 0.1) is 0 Å². The number of hydrogen-bond acceptors (Lipinski definition) is 1. The molecule has 0 heterocycles. The van der Waals surface area contributed by atoms with Gasteiger partial charge >= 0.3 is 0 Å². The first-order chi connectivity index (χ1) is 9.43. The molecule has 0 radical (unpaired) electrons. The van der Waals surface area contributed by atoms with Crippen molar-refractivity contribution in [2.45, 2.75) is 46.0 Å². The van der Waals surface area contributed by atoms with Crippen molar-refractivity contribution in [3.05, 3.63) is 35.6 Å². The summed E-state index contributed by atoms with van der Waals surface area (Å²) in [6.07, 6.45) is 2.45. The van der Waals surface area contributed by atoms with Gasteiger partial charge in [-0.3, -0.25) is 0 Å². The summed E-state index contributed by atoms with van der Waals surface area (Å²) in [4.78, 5) is 0. The maximum absolute atomic E-state index is 13.1. The molecule has 112 valence electrons. The lowest BCUT2D eigenvalue weighted by atomic mass is 9.56. The van der Waals surface area contributed by atoms with E-state index < -0.39 is 0 Å². The molecular formula is C18H28FN. The zero-order chi connectivity index (χ0) is 14.8. The van der Waals surface area contributed by atoms with Gasteiger partial charge in [-0.25, -0.2) is 4.39 Å². The number of rotatable bonds is 6. The van der Waals surface area contributed by atoms with Crippen LogP contribution in [-0.2, 0) is 5.41 Å². The summed E-state index contributed by atoms with van der Waals surface area (Å²) >= 11 is 0. The van der Waals surface area contributed by atoms with Crippen LogP contribution >= 0.6 is 0 Å². The highest BCUT2D eigenvalue weighted by atomic mass is 19.1. The van der Waals surface area contributed by atoms with E-state index in [1.807, 2.05) is 12.1 Å². The first kappa shape index (κ1) is 15.5. The smallest absolute Gasteiger partial charge is 0.123 e. The Morgan fingerprint density at radius 3 is 2.25 bits per heavy atom. The molecule has 1 nitrogen and oxygen atoms in total. The Labute approximate surface area is 123 Å². The zero-order valence-corrected chi connectivity index (χ0v) is 13.2. The predicted molar refractivity (Wildman–Crippen MR) is 83.3 cm³/mol. The lowest BCUT2D eigenvalue weighted by Crippen LogP contribution is -2.50. The molecule has 1 aliphatic carbocycles. The molecule has 0 spiro atoms. The standard InChI is InChI=1S/C18H28FN/c1-13(2)11-20-12-18(9-15(10-18)14(3)4)16-5-7-17(19)8-6-16/h5-8,13-15,20H,9-12H2,1-4H3. The van der Waals surface area contributed by atoms with E-state index in [9.17, 15) is 4.39 Å². The molecule has 1 aromatic rings. The summed E-state index contributed by atoms with van der Waals surface area (Å²) in [5, 5.41) is 3.61. The van der Waals surface area contributed by atoms with Gasteiger partial charge in [-0.2, -0.15) is 0 Å². The van der Waals surface area contributed by atoms with Crippen molar-refractivity contribution < 1.29 is 4.39 Å². The predicted octanol–water partition coefficient (Wildman–Crippen LogP) is 4.38. The summed E-state index contributed by atoms with van der Waals surface area (Å²) in [5.74, 6) is 2.08. The van der Waals surface area contributed by atoms with Gasteiger partial charge < -0.3 is 5.32 Å². The molecular weight excluding hydrogens is 249 g/mol. The SMILES string of the molecule is CC(C)CNCC1(c2ccc(F)cc2)CC(C(C)C)C1. The highest BCUT2D eigenvalue weighted by molar-refractivity contribution is 5.30. The third-order valence-electron chi connectivity index (χ3n) is 4.72. The zero-order valence-electron chi connectivity index (χ0n) is 13.2. The van der Waals surface area contributed by atoms with E-state index in [4.69, 9.17) is 0 Å². The molecule has 1 fully saturated rings. The molecule has 0 aliphatic heterocycles. The molecule has 0 atom stereocenters. The summed E-state index contributed by atoms with van der Waals surface area (Å²) in [6.45, 7) is 11.1. The number of halogens is 1. The van der Waals surface area contributed by atoms with E-state index in [2.05, 4.69) is 33.0 Å². The van der Waals surface area contributed by atoms with Gasteiger partial charge in [-0.05, 0) is 54.8 Å². The summed E-state index contributed by atoms with van der Waals surface area (Å²) in [6, 6.07) is 7.15. The first-order valence-electron chi connectivity index (χ1n) is 7.90. The van der Waals surface area contributed by atoms with Crippen LogP contribution in [0.15, 0.2) is 24.3 Å². The van der Waals surface area contributed by atoms with Gasteiger partial charge in [0.25, 0.3) is 0 Å². The summed E-state index contributed by atoms with van der Waals surface area (Å²) in [5.41, 5.74) is 1.52. The third-order valence-corrected chi connectivity index (χ3v) is 4.72. The second-order valence-corrected chi connectivity index (χ2v) is 7.22. The molecule has 20 heavy (non-hydrogen) atoms. The van der Waals surface area contributed by atoms with Crippen molar-refractivity contribution in [3.63, 3.8) is 0 Å². The molecule has 2 rings (SSSR count). The Kier molecular flexibility index (Phi) is 4.85. The van der Waals surface area contributed by atoms with E-state index in [-0.39, 0.29) is 11.2 Å². The molecule has 1 aromatic carbocycles. The highest BCUT2D eigenvalue weighted by Gasteiger charge is 2.45. The maximum Gasteiger partial charge on any atom is 0.123 e. The fourth-order valence-electron chi connectivity index (χ4n) is 3.30. The molecule has 1 N–H and O–H groups in total. The Hall–Kier alpha value is -0.890. The number of nitrogens with one attached hydrogen (secondary N) is 1. The molecule has 0 aromatic heterocycles. The van der Waals surface area contributed by atoms with Crippen LogP contribution in [0.1, 0.15) is 46.1 Å². The van der Waals surface area contributed by atoms with Crippen LogP contribution in [0, 0.1) is 23.6 Å². The van der Waals surface area contributed by atoms with E-state index in [0.717, 1.165) is 24.9 Å². The van der Waals surface area contributed by atoms with Gasteiger partial charge in [0, 0.05) is 12.0 Å². The van der Waals surface area contributed by atoms with E-state index in [1.165, 1.54) is 18.4 Å². The van der Waals surface area contributed by atoms with Gasteiger partial charge in [-0.15, -0.1) is 0 Å². The minimum atomic E-state index is -0.140. The summed E-state index contributed by atoms with van der Waals surface area (Å²) < 4.78 is 13.1. The Balaban J connectivity index is 2.07. The average molecular weight is 277 g/mol. The lowest BCUT2D eigenvalue weighted by Gasteiger charge is -2.50. The van der Waals surface area contributed by atoms with E-state index >= 15 is 0 Å². The molecule has 2 heteroatoms. The fraction of sp³-hybridized carbons (Fsp3) is 0.667. The van der Waals surface area contributed by atoms with Crippen LogP contribution in [-0.4, -0.2) is 13.1 Å². The van der Waals surface area contributed by atoms with Crippen LogP contribution in [0.2, 0.25) is 0 Å². The minimum Gasteiger partial charge on any atom is -0.316 e. The summed E-state index contributed by atoms with van der Waals surface area (Å²) in [7, 11) is 0. The molecule has 0 saturated heterocycles.